The molecule has 0 amide bonds. The third-order valence-electron chi connectivity index (χ3n) is 5.18. The first-order chi connectivity index (χ1) is 15.1. The molecule has 0 saturated heterocycles. The van der Waals surface area contributed by atoms with Gasteiger partial charge < -0.3 is 14.6 Å². The van der Waals surface area contributed by atoms with Crippen LogP contribution in [-0.4, -0.2) is 29.3 Å². The molecule has 2 heterocycles. The van der Waals surface area contributed by atoms with Crippen LogP contribution in [-0.2, 0) is 0 Å². The molecule has 0 bridgehead atoms. The van der Waals surface area contributed by atoms with Crippen molar-refractivity contribution in [3.05, 3.63) is 88.9 Å². The number of ether oxygens (including phenoxy) is 1. The van der Waals surface area contributed by atoms with Crippen molar-refractivity contribution in [3.8, 4) is 17.1 Å². The molecule has 0 spiro atoms. The first kappa shape index (κ1) is 20.3. The molecule has 0 aliphatic heterocycles. The van der Waals surface area contributed by atoms with Crippen LogP contribution in [0.1, 0.15) is 28.1 Å². The molecule has 31 heavy (non-hydrogen) atoms. The van der Waals surface area contributed by atoms with E-state index in [9.17, 15) is 0 Å². The molecule has 0 radical (unpaired) electrons. The SMILES string of the molecule is CNc1ncccc1-c1noc(C(=Cc2ccc(C)c(C)c2)c2ccc(OC)cc2)n1. The molecule has 6 heteroatoms. The fourth-order valence-electron chi connectivity index (χ4n) is 3.29. The summed E-state index contributed by atoms with van der Waals surface area (Å²) in [5.41, 5.74) is 6.10. The van der Waals surface area contributed by atoms with Crippen LogP contribution in [0.4, 0.5) is 5.82 Å². The molecule has 6 nitrogen and oxygen atoms in total. The standard InChI is InChI=1S/C25H24N4O2/c1-16-7-8-18(14-17(16)2)15-22(19-9-11-20(30-4)12-10-19)25-28-24(29-31-25)21-6-5-13-27-23(21)26-3/h5-15H,1-4H3,(H,26,27). The van der Waals surface area contributed by atoms with Gasteiger partial charge in [0.05, 0.1) is 12.7 Å². The second-order valence-electron chi connectivity index (χ2n) is 7.20. The van der Waals surface area contributed by atoms with Crippen molar-refractivity contribution in [2.45, 2.75) is 13.8 Å². The molecule has 4 aromatic rings. The highest BCUT2D eigenvalue weighted by molar-refractivity contribution is 5.89. The number of methoxy groups -OCH3 is 1. The molecule has 0 unspecified atom stereocenters. The van der Waals surface area contributed by atoms with Crippen molar-refractivity contribution in [2.75, 3.05) is 19.5 Å². The van der Waals surface area contributed by atoms with Crippen molar-refractivity contribution < 1.29 is 9.26 Å². The molecule has 156 valence electrons. The Morgan fingerprint density at radius 2 is 1.84 bits per heavy atom. The maximum absolute atomic E-state index is 5.70. The molecule has 4 rings (SSSR count). The van der Waals surface area contributed by atoms with Crippen LogP contribution < -0.4 is 10.1 Å². The average molecular weight is 412 g/mol. The number of benzene rings is 2. The zero-order valence-corrected chi connectivity index (χ0v) is 18.0. The van der Waals surface area contributed by atoms with Gasteiger partial charge in [-0.25, -0.2) is 4.98 Å². The van der Waals surface area contributed by atoms with E-state index in [4.69, 9.17) is 9.26 Å². The van der Waals surface area contributed by atoms with E-state index in [1.165, 1.54) is 11.1 Å². The predicted octanol–water partition coefficient (Wildman–Crippen LogP) is 5.39. The zero-order chi connectivity index (χ0) is 21.8. The Morgan fingerprint density at radius 3 is 2.55 bits per heavy atom. The summed E-state index contributed by atoms with van der Waals surface area (Å²) in [7, 11) is 3.47. The largest absolute Gasteiger partial charge is 0.497 e. The van der Waals surface area contributed by atoms with Crippen LogP contribution in [0.15, 0.2) is 65.3 Å². The van der Waals surface area contributed by atoms with Gasteiger partial charge in [0.2, 0.25) is 5.82 Å². The van der Waals surface area contributed by atoms with Gasteiger partial charge in [-0.05, 0) is 66.4 Å². The van der Waals surface area contributed by atoms with Crippen molar-refractivity contribution in [1.82, 2.24) is 15.1 Å². The summed E-state index contributed by atoms with van der Waals surface area (Å²) < 4.78 is 11.0. The van der Waals surface area contributed by atoms with Crippen molar-refractivity contribution in [2.24, 2.45) is 0 Å². The van der Waals surface area contributed by atoms with Gasteiger partial charge in [-0.3, -0.25) is 0 Å². The van der Waals surface area contributed by atoms with Crippen molar-refractivity contribution in [1.29, 1.82) is 0 Å². The first-order valence-corrected chi connectivity index (χ1v) is 9.99. The lowest BCUT2D eigenvalue weighted by atomic mass is 10.00. The van der Waals surface area contributed by atoms with Crippen molar-refractivity contribution in [3.63, 3.8) is 0 Å². The summed E-state index contributed by atoms with van der Waals surface area (Å²) in [6.45, 7) is 4.21. The number of aromatic nitrogens is 3. The summed E-state index contributed by atoms with van der Waals surface area (Å²) in [6, 6.07) is 17.9. The first-order valence-electron chi connectivity index (χ1n) is 9.99. The predicted molar refractivity (Wildman–Crippen MR) is 123 cm³/mol. The highest BCUT2D eigenvalue weighted by atomic mass is 16.5. The van der Waals surface area contributed by atoms with Crippen LogP contribution in [0.3, 0.4) is 0 Å². The van der Waals surface area contributed by atoms with Crippen LogP contribution >= 0.6 is 0 Å². The fourth-order valence-corrected chi connectivity index (χ4v) is 3.29. The smallest absolute Gasteiger partial charge is 0.258 e. The van der Waals surface area contributed by atoms with E-state index < -0.39 is 0 Å². The number of rotatable bonds is 6. The Balaban J connectivity index is 1.82. The van der Waals surface area contributed by atoms with Gasteiger partial charge in [-0.1, -0.05) is 35.5 Å². The third kappa shape index (κ3) is 4.33. The quantitative estimate of drug-likeness (QED) is 0.428. The molecule has 0 fully saturated rings. The molecule has 1 N–H and O–H groups in total. The van der Waals surface area contributed by atoms with Gasteiger partial charge >= 0.3 is 0 Å². The lowest BCUT2D eigenvalue weighted by Crippen LogP contribution is -1.96. The van der Waals surface area contributed by atoms with Crippen LogP contribution in [0.25, 0.3) is 23.0 Å². The Labute approximate surface area is 181 Å². The number of nitrogens with zero attached hydrogens (tertiary/aromatic N) is 3. The molecule has 0 aliphatic rings. The van der Waals surface area contributed by atoms with Gasteiger partial charge in [0.1, 0.15) is 11.6 Å². The molecule has 0 aliphatic carbocycles. The third-order valence-corrected chi connectivity index (χ3v) is 5.18. The zero-order valence-electron chi connectivity index (χ0n) is 18.0. The molecule has 0 atom stereocenters. The molecule has 2 aromatic carbocycles. The Morgan fingerprint density at radius 1 is 1.03 bits per heavy atom. The van der Waals surface area contributed by atoms with E-state index in [2.05, 4.69) is 58.6 Å². The van der Waals surface area contributed by atoms with E-state index >= 15 is 0 Å². The highest BCUT2D eigenvalue weighted by Gasteiger charge is 2.17. The summed E-state index contributed by atoms with van der Waals surface area (Å²) in [5.74, 6) is 2.39. The van der Waals surface area contributed by atoms with E-state index in [1.54, 1.807) is 13.3 Å². The molecule has 0 saturated carbocycles. The van der Waals surface area contributed by atoms with Crippen molar-refractivity contribution >= 4 is 17.5 Å². The Bertz CT molecular complexity index is 1230. The van der Waals surface area contributed by atoms with E-state index in [0.717, 1.165) is 28.0 Å². The van der Waals surface area contributed by atoms with Gasteiger partial charge in [0.15, 0.2) is 0 Å². The van der Waals surface area contributed by atoms with Gasteiger partial charge in [0, 0.05) is 18.8 Å². The molecular weight excluding hydrogens is 388 g/mol. The number of aryl methyl sites for hydroxylation is 2. The number of nitrogens with one attached hydrogen (secondary N) is 1. The van der Waals surface area contributed by atoms with E-state index in [-0.39, 0.29) is 0 Å². The minimum atomic E-state index is 0.435. The average Bonchev–Trinajstić information content (AvgIpc) is 3.29. The van der Waals surface area contributed by atoms with Gasteiger partial charge in [0.25, 0.3) is 5.89 Å². The minimum absolute atomic E-state index is 0.435. The lowest BCUT2D eigenvalue weighted by molar-refractivity contribution is 0.409. The maximum atomic E-state index is 5.70. The normalized spacial score (nSPS) is 11.4. The second-order valence-corrected chi connectivity index (χ2v) is 7.20. The highest BCUT2D eigenvalue weighted by Crippen LogP contribution is 2.30. The summed E-state index contributed by atoms with van der Waals surface area (Å²) >= 11 is 0. The van der Waals surface area contributed by atoms with Gasteiger partial charge in [-0.15, -0.1) is 0 Å². The Hall–Kier alpha value is -3.93. The number of pyridine rings is 1. The molecule has 2 aromatic heterocycles. The summed E-state index contributed by atoms with van der Waals surface area (Å²) in [4.78, 5) is 9.02. The second kappa shape index (κ2) is 8.83. The lowest BCUT2D eigenvalue weighted by Gasteiger charge is -2.07. The minimum Gasteiger partial charge on any atom is -0.497 e. The topological polar surface area (TPSA) is 73.1 Å². The molecular formula is C25H24N4O2. The summed E-state index contributed by atoms with van der Waals surface area (Å²) in [5, 5.41) is 7.28. The van der Waals surface area contributed by atoms with Crippen LogP contribution in [0.5, 0.6) is 5.75 Å². The maximum Gasteiger partial charge on any atom is 0.258 e. The number of hydrogen-bond donors (Lipinski definition) is 1. The number of hydrogen-bond acceptors (Lipinski definition) is 6. The van der Waals surface area contributed by atoms with Crippen LogP contribution in [0, 0.1) is 13.8 Å². The summed E-state index contributed by atoms with van der Waals surface area (Å²) in [6.07, 6.45) is 3.78. The van der Waals surface area contributed by atoms with Crippen LogP contribution in [0.2, 0.25) is 0 Å². The monoisotopic (exact) mass is 412 g/mol. The fraction of sp³-hybridized carbons (Fsp3) is 0.160. The van der Waals surface area contributed by atoms with Gasteiger partial charge in [-0.2, -0.15) is 4.98 Å². The van der Waals surface area contributed by atoms with E-state index in [1.807, 2.05) is 43.4 Å². The Kier molecular flexibility index (Phi) is 5.80. The number of anilines is 1. The van der Waals surface area contributed by atoms with E-state index in [0.29, 0.717) is 17.5 Å².